The van der Waals surface area contributed by atoms with Crippen molar-refractivity contribution < 1.29 is 14.3 Å². The Kier molecular flexibility index (Phi) is 5.07. The number of carbonyl (C=O) groups is 1. The number of rotatable bonds is 2. The molecule has 2 heterocycles. The molecule has 2 aliphatic rings. The van der Waals surface area contributed by atoms with Gasteiger partial charge in [0.1, 0.15) is 5.60 Å². The first-order chi connectivity index (χ1) is 10.1. The minimum atomic E-state index is -0.423. The molecule has 0 aliphatic carbocycles. The van der Waals surface area contributed by atoms with Crippen LogP contribution in [0.25, 0.3) is 0 Å². The third-order valence-electron chi connectivity index (χ3n) is 4.78. The van der Waals surface area contributed by atoms with E-state index in [9.17, 15) is 4.79 Å². The third-order valence-corrected chi connectivity index (χ3v) is 4.78. The van der Waals surface area contributed by atoms with E-state index in [0.717, 1.165) is 39.0 Å². The highest BCUT2D eigenvalue weighted by molar-refractivity contribution is 5.68. The molecule has 0 N–H and O–H groups in total. The number of nitrogens with zero attached hydrogens (tertiary/aromatic N) is 2. The van der Waals surface area contributed by atoms with Gasteiger partial charge in [-0.25, -0.2) is 4.79 Å². The van der Waals surface area contributed by atoms with Crippen molar-refractivity contribution in [1.29, 1.82) is 0 Å². The molecule has 2 rings (SSSR count). The van der Waals surface area contributed by atoms with Crippen molar-refractivity contribution in [2.45, 2.75) is 65.2 Å². The summed E-state index contributed by atoms with van der Waals surface area (Å²) >= 11 is 0. The van der Waals surface area contributed by atoms with Crippen LogP contribution in [0.1, 0.15) is 47.5 Å². The van der Waals surface area contributed by atoms with Crippen molar-refractivity contribution in [3.63, 3.8) is 0 Å². The van der Waals surface area contributed by atoms with Crippen LogP contribution < -0.4 is 0 Å². The quantitative estimate of drug-likeness (QED) is 0.786. The van der Waals surface area contributed by atoms with Crippen LogP contribution in [-0.2, 0) is 9.47 Å². The Morgan fingerprint density at radius 3 is 2.41 bits per heavy atom. The van der Waals surface area contributed by atoms with Crippen LogP contribution in [0.4, 0.5) is 4.79 Å². The van der Waals surface area contributed by atoms with Crippen LogP contribution in [-0.4, -0.2) is 66.9 Å². The lowest BCUT2D eigenvalue weighted by Gasteiger charge is -2.45. The van der Waals surface area contributed by atoms with Crippen LogP contribution >= 0.6 is 0 Å². The minimum absolute atomic E-state index is 0.159. The zero-order chi connectivity index (χ0) is 16.5. The number of methoxy groups -OCH3 is 1. The molecule has 0 spiro atoms. The van der Waals surface area contributed by atoms with E-state index in [1.54, 1.807) is 0 Å². The van der Waals surface area contributed by atoms with Crippen molar-refractivity contribution in [2.24, 2.45) is 5.41 Å². The summed E-state index contributed by atoms with van der Waals surface area (Å²) in [4.78, 5) is 16.6. The molecule has 0 aromatic carbocycles. The summed E-state index contributed by atoms with van der Waals surface area (Å²) in [6, 6.07) is 0.449. The zero-order valence-corrected chi connectivity index (χ0v) is 15.0. The number of hydrogen-bond acceptors (Lipinski definition) is 4. The molecule has 2 unspecified atom stereocenters. The monoisotopic (exact) mass is 312 g/mol. The van der Waals surface area contributed by atoms with E-state index in [0.29, 0.717) is 12.1 Å². The molecule has 0 aromatic heterocycles. The van der Waals surface area contributed by atoms with Gasteiger partial charge in [0.25, 0.3) is 0 Å². The van der Waals surface area contributed by atoms with E-state index in [4.69, 9.17) is 9.47 Å². The lowest BCUT2D eigenvalue weighted by atomic mass is 9.80. The predicted octanol–water partition coefficient (Wildman–Crippen LogP) is 2.74. The maximum absolute atomic E-state index is 12.2. The average molecular weight is 312 g/mol. The SMILES string of the molecule is COC1CCN(C2CCN(C(=O)OC(C)(C)C)C2)CC1(C)C. The number of carbonyl (C=O) groups excluding carboxylic acids is 1. The van der Waals surface area contributed by atoms with Gasteiger partial charge >= 0.3 is 6.09 Å². The normalized spacial score (nSPS) is 29.6. The molecular formula is C17H32N2O3. The summed E-state index contributed by atoms with van der Waals surface area (Å²) in [6.07, 6.45) is 2.24. The van der Waals surface area contributed by atoms with Crippen molar-refractivity contribution >= 4 is 6.09 Å². The van der Waals surface area contributed by atoms with Gasteiger partial charge in [0.05, 0.1) is 6.10 Å². The second-order valence-electron chi connectivity index (χ2n) is 8.34. The number of ether oxygens (including phenoxy) is 2. The van der Waals surface area contributed by atoms with Gasteiger partial charge in [-0.2, -0.15) is 0 Å². The van der Waals surface area contributed by atoms with Gasteiger partial charge < -0.3 is 14.4 Å². The Labute approximate surface area is 134 Å². The average Bonchev–Trinajstić information content (AvgIpc) is 2.85. The summed E-state index contributed by atoms with van der Waals surface area (Å²) in [6.45, 7) is 13.9. The van der Waals surface area contributed by atoms with E-state index in [-0.39, 0.29) is 11.5 Å². The van der Waals surface area contributed by atoms with E-state index < -0.39 is 5.60 Å². The molecule has 128 valence electrons. The molecule has 0 bridgehead atoms. The molecule has 0 aromatic rings. The number of likely N-dealkylation sites (tertiary alicyclic amines) is 2. The van der Waals surface area contributed by atoms with Crippen LogP contribution in [0.5, 0.6) is 0 Å². The molecule has 1 amide bonds. The van der Waals surface area contributed by atoms with E-state index >= 15 is 0 Å². The van der Waals surface area contributed by atoms with Crippen molar-refractivity contribution in [3.05, 3.63) is 0 Å². The highest BCUT2D eigenvalue weighted by Gasteiger charge is 2.40. The number of hydrogen-bond donors (Lipinski definition) is 0. The maximum atomic E-state index is 12.2. The summed E-state index contributed by atoms with van der Waals surface area (Å²) in [5.41, 5.74) is -0.264. The van der Waals surface area contributed by atoms with Gasteiger partial charge in [0.2, 0.25) is 0 Å². The van der Waals surface area contributed by atoms with Crippen molar-refractivity contribution in [1.82, 2.24) is 9.80 Å². The fourth-order valence-electron chi connectivity index (χ4n) is 3.66. The van der Waals surface area contributed by atoms with Crippen molar-refractivity contribution in [2.75, 3.05) is 33.3 Å². The smallest absolute Gasteiger partial charge is 0.410 e. The lowest BCUT2D eigenvalue weighted by Crippen LogP contribution is -2.53. The van der Waals surface area contributed by atoms with E-state index in [2.05, 4.69) is 18.7 Å². The van der Waals surface area contributed by atoms with Crippen LogP contribution in [0.3, 0.4) is 0 Å². The molecule has 0 saturated carbocycles. The molecule has 22 heavy (non-hydrogen) atoms. The van der Waals surface area contributed by atoms with E-state index in [1.807, 2.05) is 32.8 Å². The highest BCUT2D eigenvalue weighted by atomic mass is 16.6. The maximum Gasteiger partial charge on any atom is 0.410 e. The molecule has 2 fully saturated rings. The second kappa shape index (κ2) is 6.36. The number of amides is 1. The zero-order valence-electron chi connectivity index (χ0n) is 15.0. The van der Waals surface area contributed by atoms with Gasteiger partial charge in [-0.3, -0.25) is 4.90 Å². The summed E-state index contributed by atoms with van der Waals surface area (Å²) in [7, 11) is 1.81. The topological polar surface area (TPSA) is 42.0 Å². The van der Waals surface area contributed by atoms with Gasteiger partial charge in [-0.1, -0.05) is 13.8 Å². The summed E-state index contributed by atoms with van der Waals surface area (Å²) in [5.74, 6) is 0. The Morgan fingerprint density at radius 1 is 1.18 bits per heavy atom. The predicted molar refractivity (Wildman–Crippen MR) is 87.0 cm³/mol. The Hall–Kier alpha value is -0.810. The molecule has 5 nitrogen and oxygen atoms in total. The Bertz CT molecular complexity index is 403. The fourth-order valence-corrected chi connectivity index (χ4v) is 3.66. The molecule has 0 radical (unpaired) electrons. The van der Waals surface area contributed by atoms with Gasteiger partial charge in [0, 0.05) is 44.7 Å². The first kappa shape index (κ1) is 17.5. The van der Waals surface area contributed by atoms with Crippen molar-refractivity contribution in [3.8, 4) is 0 Å². The standard InChI is InChI=1S/C17H32N2O3/c1-16(2,3)22-15(20)18-9-7-13(11-18)19-10-8-14(21-6)17(4,5)12-19/h13-14H,7-12H2,1-6H3. The molecule has 5 heteroatoms. The largest absolute Gasteiger partial charge is 0.444 e. The van der Waals surface area contributed by atoms with E-state index in [1.165, 1.54) is 0 Å². The van der Waals surface area contributed by atoms with Crippen LogP contribution in [0, 0.1) is 5.41 Å². The first-order valence-electron chi connectivity index (χ1n) is 8.37. The fraction of sp³-hybridized carbons (Fsp3) is 0.941. The van der Waals surface area contributed by atoms with Gasteiger partial charge in [-0.05, 0) is 33.6 Å². The second-order valence-corrected chi connectivity index (χ2v) is 8.34. The molecule has 2 atom stereocenters. The first-order valence-corrected chi connectivity index (χ1v) is 8.37. The van der Waals surface area contributed by atoms with Gasteiger partial charge in [0.15, 0.2) is 0 Å². The molecular weight excluding hydrogens is 280 g/mol. The molecule has 2 aliphatic heterocycles. The third kappa shape index (κ3) is 4.13. The Balaban J connectivity index is 1.90. The highest BCUT2D eigenvalue weighted by Crippen LogP contribution is 2.33. The summed E-state index contributed by atoms with van der Waals surface area (Å²) < 4.78 is 11.1. The van der Waals surface area contributed by atoms with Crippen LogP contribution in [0.2, 0.25) is 0 Å². The van der Waals surface area contributed by atoms with Crippen LogP contribution in [0.15, 0.2) is 0 Å². The summed E-state index contributed by atoms with van der Waals surface area (Å²) in [5, 5.41) is 0. The lowest BCUT2D eigenvalue weighted by molar-refractivity contribution is -0.0607. The van der Waals surface area contributed by atoms with Gasteiger partial charge in [-0.15, -0.1) is 0 Å². The number of piperidine rings is 1. The molecule has 2 saturated heterocycles. The minimum Gasteiger partial charge on any atom is -0.444 e. The Morgan fingerprint density at radius 2 is 1.86 bits per heavy atom.